The van der Waals surface area contributed by atoms with E-state index < -0.39 is 0 Å². The number of morpholine rings is 1. The molecule has 2 aliphatic heterocycles. The topological polar surface area (TPSA) is 66.4 Å². The van der Waals surface area contributed by atoms with Crippen molar-refractivity contribution in [3.8, 4) is 5.75 Å². The summed E-state index contributed by atoms with van der Waals surface area (Å²) in [6, 6.07) is 8.22. The van der Waals surface area contributed by atoms with E-state index in [1.54, 1.807) is 7.11 Å². The predicted octanol–water partition coefficient (Wildman–Crippen LogP) is 3.13. The molecule has 2 saturated heterocycles. The van der Waals surface area contributed by atoms with E-state index in [4.69, 9.17) is 14.5 Å². The summed E-state index contributed by atoms with van der Waals surface area (Å²) in [4.78, 5) is 22.1. The van der Waals surface area contributed by atoms with Gasteiger partial charge in [-0.1, -0.05) is 26.0 Å². The lowest BCUT2D eigenvalue weighted by molar-refractivity contribution is -0.140. The number of hydrogen-bond donors (Lipinski definition) is 1. The number of carbonyl (C=O) groups excluding carboxylic acids is 1. The van der Waals surface area contributed by atoms with Crippen LogP contribution < -0.4 is 10.1 Å². The molecule has 7 nitrogen and oxygen atoms in total. The first-order chi connectivity index (χ1) is 14.9. The Morgan fingerprint density at radius 3 is 2.50 bits per heavy atom. The zero-order valence-electron chi connectivity index (χ0n) is 19.9. The van der Waals surface area contributed by atoms with Crippen molar-refractivity contribution in [2.24, 2.45) is 10.9 Å². The second kappa shape index (κ2) is 12.6. The van der Waals surface area contributed by atoms with Crippen LogP contribution in [0.4, 0.5) is 0 Å². The highest BCUT2D eigenvalue weighted by atomic mass is 127. The molecule has 1 aromatic rings. The standard InChI is InChI=1S/C24H38N4O3.HI/c1-5-25-23(26-18-24(2,3)20-7-6-8-21(17-20)30-4)28-11-9-19(10-12-28)22(29)27-13-15-31-16-14-27;/h6-8,17,19H,5,9-16,18H2,1-4H3,(H,25,26);1H. The highest BCUT2D eigenvalue weighted by Crippen LogP contribution is 2.27. The molecule has 2 heterocycles. The Hall–Kier alpha value is -1.55. The SMILES string of the molecule is CCNC(=NCC(C)(C)c1cccc(OC)c1)N1CCC(C(=O)N2CCOCC2)CC1.I. The maximum Gasteiger partial charge on any atom is 0.225 e. The van der Waals surface area contributed by atoms with Crippen LogP contribution in [0, 0.1) is 5.92 Å². The largest absolute Gasteiger partial charge is 0.497 e. The number of amides is 1. The number of piperidine rings is 1. The van der Waals surface area contributed by atoms with Crippen LogP contribution in [0.15, 0.2) is 29.3 Å². The van der Waals surface area contributed by atoms with Crippen molar-refractivity contribution in [2.45, 2.75) is 39.0 Å². The Labute approximate surface area is 209 Å². The summed E-state index contributed by atoms with van der Waals surface area (Å²) in [6.07, 6.45) is 1.75. The van der Waals surface area contributed by atoms with Gasteiger partial charge in [0, 0.05) is 44.1 Å². The molecular formula is C24H39IN4O3. The maximum atomic E-state index is 12.8. The van der Waals surface area contributed by atoms with E-state index in [9.17, 15) is 4.79 Å². The summed E-state index contributed by atoms with van der Waals surface area (Å²) >= 11 is 0. The Kier molecular flexibility index (Phi) is 10.5. The molecule has 1 amide bonds. The molecule has 0 aliphatic carbocycles. The van der Waals surface area contributed by atoms with E-state index in [1.807, 2.05) is 17.0 Å². The van der Waals surface area contributed by atoms with Gasteiger partial charge in [0.05, 0.1) is 26.9 Å². The summed E-state index contributed by atoms with van der Waals surface area (Å²) in [5.41, 5.74) is 1.10. The number of ether oxygens (including phenoxy) is 2. The number of guanidine groups is 1. The Morgan fingerprint density at radius 2 is 1.88 bits per heavy atom. The van der Waals surface area contributed by atoms with Gasteiger partial charge in [0.2, 0.25) is 5.91 Å². The van der Waals surface area contributed by atoms with Crippen molar-refractivity contribution >= 4 is 35.8 Å². The van der Waals surface area contributed by atoms with Gasteiger partial charge in [-0.25, -0.2) is 0 Å². The molecule has 2 fully saturated rings. The number of nitrogens with one attached hydrogen (secondary N) is 1. The van der Waals surface area contributed by atoms with E-state index >= 15 is 0 Å². The first-order valence-electron chi connectivity index (χ1n) is 11.5. The lowest BCUT2D eigenvalue weighted by Crippen LogP contribution is -2.50. The number of hydrogen-bond acceptors (Lipinski definition) is 4. The molecule has 0 aromatic heterocycles. The minimum Gasteiger partial charge on any atom is -0.497 e. The number of carbonyl (C=O) groups is 1. The van der Waals surface area contributed by atoms with Gasteiger partial charge in [-0.05, 0) is 37.5 Å². The number of likely N-dealkylation sites (tertiary alicyclic amines) is 1. The molecular weight excluding hydrogens is 519 g/mol. The lowest BCUT2D eigenvalue weighted by atomic mass is 9.84. The third-order valence-corrected chi connectivity index (χ3v) is 6.28. The molecule has 1 aromatic carbocycles. The highest BCUT2D eigenvalue weighted by Gasteiger charge is 2.30. The molecule has 1 N–H and O–H groups in total. The number of nitrogens with zero attached hydrogens (tertiary/aromatic N) is 3. The van der Waals surface area contributed by atoms with Crippen LogP contribution in [-0.4, -0.2) is 81.3 Å². The smallest absolute Gasteiger partial charge is 0.225 e. The number of aliphatic imine (C=N–C) groups is 1. The highest BCUT2D eigenvalue weighted by molar-refractivity contribution is 14.0. The van der Waals surface area contributed by atoms with Gasteiger partial charge in [0.25, 0.3) is 0 Å². The van der Waals surface area contributed by atoms with E-state index in [0.29, 0.717) is 25.7 Å². The Bertz CT molecular complexity index is 757. The summed E-state index contributed by atoms with van der Waals surface area (Å²) in [5.74, 6) is 2.22. The van der Waals surface area contributed by atoms with Gasteiger partial charge in [-0.15, -0.1) is 24.0 Å². The van der Waals surface area contributed by atoms with Gasteiger partial charge in [-0.2, -0.15) is 0 Å². The lowest BCUT2D eigenvalue weighted by Gasteiger charge is -2.37. The summed E-state index contributed by atoms with van der Waals surface area (Å²) in [7, 11) is 1.70. The summed E-state index contributed by atoms with van der Waals surface area (Å²) in [6.45, 7) is 12.5. The van der Waals surface area contributed by atoms with E-state index in [0.717, 1.165) is 57.3 Å². The van der Waals surface area contributed by atoms with Crippen LogP contribution in [0.25, 0.3) is 0 Å². The zero-order valence-corrected chi connectivity index (χ0v) is 22.3. The van der Waals surface area contributed by atoms with E-state index in [2.05, 4.69) is 43.1 Å². The monoisotopic (exact) mass is 558 g/mol. The summed E-state index contributed by atoms with van der Waals surface area (Å²) < 4.78 is 10.8. The number of methoxy groups -OCH3 is 1. The zero-order chi connectivity index (χ0) is 22.3. The van der Waals surface area contributed by atoms with Crippen LogP contribution in [0.2, 0.25) is 0 Å². The number of rotatable bonds is 6. The fourth-order valence-corrected chi connectivity index (χ4v) is 4.21. The minimum absolute atomic E-state index is 0. The fourth-order valence-electron chi connectivity index (χ4n) is 4.21. The van der Waals surface area contributed by atoms with Crippen molar-refractivity contribution in [3.05, 3.63) is 29.8 Å². The van der Waals surface area contributed by atoms with Gasteiger partial charge < -0.3 is 24.6 Å². The molecule has 0 saturated carbocycles. The molecule has 0 atom stereocenters. The third kappa shape index (κ3) is 6.97. The second-order valence-corrected chi connectivity index (χ2v) is 8.98. The number of halogens is 1. The Balaban J connectivity index is 0.00000363. The molecule has 180 valence electrons. The van der Waals surface area contributed by atoms with Gasteiger partial charge in [0.1, 0.15) is 5.75 Å². The van der Waals surface area contributed by atoms with Crippen molar-refractivity contribution < 1.29 is 14.3 Å². The first kappa shape index (κ1) is 26.7. The van der Waals surface area contributed by atoms with Crippen LogP contribution in [0.1, 0.15) is 39.2 Å². The average Bonchev–Trinajstić information content (AvgIpc) is 2.82. The molecule has 32 heavy (non-hydrogen) atoms. The fraction of sp³-hybridized carbons (Fsp3) is 0.667. The molecule has 0 spiro atoms. The Morgan fingerprint density at radius 1 is 1.19 bits per heavy atom. The predicted molar refractivity (Wildman–Crippen MR) is 139 cm³/mol. The maximum absolute atomic E-state index is 12.8. The van der Waals surface area contributed by atoms with Gasteiger partial charge in [0.15, 0.2) is 5.96 Å². The number of benzene rings is 1. The molecule has 8 heteroatoms. The van der Waals surface area contributed by atoms with E-state index in [1.165, 1.54) is 5.56 Å². The van der Waals surface area contributed by atoms with Crippen LogP contribution in [-0.2, 0) is 14.9 Å². The normalized spacial score (nSPS) is 18.2. The van der Waals surface area contributed by atoms with Crippen molar-refractivity contribution in [1.29, 1.82) is 0 Å². The average molecular weight is 559 g/mol. The quantitative estimate of drug-likeness (QED) is 0.330. The summed E-state index contributed by atoms with van der Waals surface area (Å²) in [5, 5.41) is 3.45. The van der Waals surface area contributed by atoms with E-state index in [-0.39, 0.29) is 35.3 Å². The minimum atomic E-state index is -0.111. The molecule has 2 aliphatic rings. The van der Waals surface area contributed by atoms with Gasteiger partial charge in [-0.3, -0.25) is 9.79 Å². The second-order valence-electron chi connectivity index (χ2n) is 8.98. The first-order valence-corrected chi connectivity index (χ1v) is 11.5. The van der Waals surface area contributed by atoms with Gasteiger partial charge >= 0.3 is 0 Å². The van der Waals surface area contributed by atoms with Crippen LogP contribution in [0.5, 0.6) is 5.75 Å². The van der Waals surface area contributed by atoms with Crippen molar-refractivity contribution in [2.75, 3.05) is 59.6 Å². The van der Waals surface area contributed by atoms with Crippen molar-refractivity contribution in [3.63, 3.8) is 0 Å². The van der Waals surface area contributed by atoms with Crippen molar-refractivity contribution in [1.82, 2.24) is 15.1 Å². The van der Waals surface area contributed by atoms with Crippen LogP contribution in [0.3, 0.4) is 0 Å². The molecule has 3 rings (SSSR count). The third-order valence-electron chi connectivity index (χ3n) is 6.28. The molecule has 0 radical (unpaired) electrons. The molecule has 0 unspecified atom stereocenters. The van der Waals surface area contributed by atoms with Crippen LogP contribution >= 0.6 is 24.0 Å². The molecule has 0 bridgehead atoms.